The number of aliphatic hydroxyl groups is 5. The van der Waals surface area contributed by atoms with Gasteiger partial charge in [0.2, 0.25) is 0 Å². The van der Waals surface area contributed by atoms with Crippen LogP contribution in [0.1, 0.15) is 67.2 Å². The van der Waals surface area contributed by atoms with E-state index in [1.807, 2.05) is 29.2 Å². The second-order valence-corrected chi connectivity index (χ2v) is 10.5. The van der Waals surface area contributed by atoms with Crippen LogP contribution in [0.15, 0.2) is 41.7 Å². The van der Waals surface area contributed by atoms with Crippen molar-refractivity contribution < 1.29 is 35.1 Å². The van der Waals surface area contributed by atoms with Crippen LogP contribution >= 0.6 is 0 Å². The van der Waals surface area contributed by atoms with E-state index < -0.39 is 36.9 Å². The lowest BCUT2D eigenvalue weighted by atomic mass is 10.0. The van der Waals surface area contributed by atoms with Gasteiger partial charge in [0.25, 0.3) is 5.91 Å². The fourth-order valence-electron chi connectivity index (χ4n) is 4.46. The molecule has 0 spiro atoms. The fraction of sp³-hybridized carbons (Fsp3) is 0.600. The Bertz CT molecular complexity index is 1100. The van der Waals surface area contributed by atoms with Gasteiger partial charge in [0.15, 0.2) is 5.69 Å². The van der Waals surface area contributed by atoms with Crippen molar-refractivity contribution in [2.75, 3.05) is 39.4 Å². The van der Waals surface area contributed by atoms with Crippen LogP contribution in [-0.4, -0.2) is 116 Å². The molecule has 0 unspecified atom stereocenters. The molecule has 0 aliphatic carbocycles. The topological polar surface area (TPSA) is 221 Å². The average molecular weight is 605 g/mol. The van der Waals surface area contributed by atoms with Crippen molar-refractivity contribution in [1.82, 2.24) is 14.9 Å². The number of aromatic nitrogens is 2. The minimum absolute atomic E-state index is 0.00282. The number of ether oxygens (including phenoxy) is 1. The molecule has 1 aromatic carbocycles. The second-order valence-electron chi connectivity index (χ2n) is 10.5. The zero-order valence-electron chi connectivity index (χ0n) is 25.0. The smallest absolute Gasteiger partial charge is 0.269 e. The molecule has 13 heteroatoms. The van der Waals surface area contributed by atoms with Gasteiger partial charge in [-0.1, -0.05) is 38.3 Å². The molecule has 0 aliphatic rings. The van der Waals surface area contributed by atoms with Gasteiger partial charge < -0.3 is 41.7 Å². The third-order valence-electron chi connectivity index (χ3n) is 7.03. The van der Waals surface area contributed by atoms with Gasteiger partial charge in [-0.3, -0.25) is 14.7 Å². The minimum Gasteiger partial charge on any atom is -0.492 e. The predicted octanol–water partition coefficient (Wildman–Crippen LogP) is 0.000700. The number of benzene rings is 1. The molecule has 0 aliphatic heterocycles. The number of carbonyl (C=O) groups excluding carboxylic acids is 1. The number of aliphatic imine (C=N–C) groups is 1. The van der Waals surface area contributed by atoms with Gasteiger partial charge in [-0.25, -0.2) is 9.97 Å². The summed E-state index contributed by atoms with van der Waals surface area (Å²) in [5, 5.41) is 49.2. The first-order chi connectivity index (χ1) is 20.7. The predicted molar refractivity (Wildman–Crippen MR) is 163 cm³/mol. The summed E-state index contributed by atoms with van der Waals surface area (Å²) >= 11 is 0. The molecule has 4 atom stereocenters. The van der Waals surface area contributed by atoms with Gasteiger partial charge >= 0.3 is 0 Å². The molecule has 1 heterocycles. The number of hydrogen-bond acceptors (Lipinski definition) is 11. The SMILES string of the molecule is CCCCCCN(CCOc1ccc(CCCCN=C(N)c2nccnc2C(N)=O)cc1)C[C@@H](O)[C@H](O)[C@@H](O)[C@@H](O)CO. The number of nitrogens with two attached hydrogens (primary N) is 2. The third kappa shape index (κ3) is 12.9. The molecule has 2 rings (SSSR count). The number of aryl methyl sites for hydroxylation is 1. The van der Waals surface area contributed by atoms with Gasteiger partial charge in [-0.05, 0) is 49.9 Å². The number of amides is 1. The largest absolute Gasteiger partial charge is 0.492 e. The standard InChI is InChI=1S/C30H48N6O7/c1-2-3-4-7-16-36(19-23(38)27(40)28(41)24(39)20-37)17-18-43-22-11-9-21(10-12-22)8-5-6-13-35-29(31)25-26(30(32)42)34-15-14-33-25/h9-12,14-15,23-24,27-28,37-41H,2-8,13,16-20H2,1H3,(H2,31,35)(H2,32,42)/t23-,24+,27+,28+/m1/s1. The quantitative estimate of drug-likeness (QED) is 0.0538. The normalized spacial score (nSPS) is 14.8. The third-order valence-corrected chi connectivity index (χ3v) is 7.03. The monoisotopic (exact) mass is 604 g/mol. The summed E-state index contributed by atoms with van der Waals surface area (Å²) in [4.78, 5) is 25.7. The Kier molecular flexibility index (Phi) is 16.6. The molecule has 240 valence electrons. The van der Waals surface area contributed by atoms with Crippen LogP contribution in [0.3, 0.4) is 0 Å². The molecule has 43 heavy (non-hydrogen) atoms. The zero-order chi connectivity index (χ0) is 31.6. The van der Waals surface area contributed by atoms with E-state index in [9.17, 15) is 25.2 Å². The number of aliphatic hydroxyl groups excluding tert-OH is 5. The van der Waals surface area contributed by atoms with E-state index >= 15 is 0 Å². The molecule has 0 saturated heterocycles. The molecule has 0 bridgehead atoms. The Balaban J connectivity index is 1.79. The highest BCUT2D eigenvalue weighted by atomic mass is 16.5. The Morgan fingerprint density at radius 1 is 0.907 bits per heavy atom. The van der Waals surface area contributed by atoms with E-state index in [0.717, 1.165) is 50.5 Å². The maximum Gasteiger partial charge on any atom is 0.269 e. The van der Waals surface area contributed by atoms with Crippen molar-refractivity contribution in [2.24, 2.45) is 16.5 Å². The summed E-state index contributed by atoms with van der Waals surface area (Å²) in [6, 6.07) is 7.81. The lowest BCUT2D eigenvalue weighted by molar-refractivity contribution is -0.119. The summed E-state index contributed by atoms with van der Waals surface area (Å²) in [7, 11) is 0. The van der Waals surface area contributed by atoms with E-state index in [1.165, 1.54) is 12.4 Å². The number of carbonyl (C=O) groups is 1. The lowest BCUT2D eigenvalue weighted by Crippen LogP contribution is -2.50. The fourth-order valence-corrected chi connectivity index (χ4v) is 4.46. The molecule has 1 aromatic heterocycles. The molecule has 13 nitrogen and oxygen atoms in total. The van der Waals surface area contributed by atoms with E-state index in [4.69, 9.17) is 21.3 Å². The highest BCUT2D eigenvalue weighted by Gasteiger charge is 2.31. The number of rotatable bonds is 22. The maximum absolute atomic E-state index is 11.5. The van der Waals surface area contributed by atoms with Crippen molar-refractivity contribution in [3.63, 3.8) is 0 Å². The van der Waals surface area contributed by atoms with Crippen molar-refractivity contribution in [3.8, 4) is 5.75 Å². The number of nitrogens with zero attached hydrogens (tertiary/aromatic N) is 4. The summed E-state index contributed by atoms with van der Waals surface area (Å²) in [6.07, 6.45) is 3.39. The van der Waals surface area contributed by atoms with Gasteiger partial charge in [-0.2, -0.15) is 0 Å². The van der Waals surface area contributed by atoms with Crippen LogP contribution in [0.4, 0.5) is 0 Å². The van der Waals surface area contributed by atoms with E-state index in [0.29, 0.717) is 32.0 Å². The van der Waals surface area contributed by atoms with E-state index in [2.05, 4.69) is 21.9 Å². The van der Waals surface area contributed by atoms with Crippen molar-refractivity contribution >= 4 is 11.7 Å². The minimum atomic E-state index is -1.65. The summed E-state index contributed by atoms with van der Waals surface area (Å²) in [5.74, 6) is 0.134. The molecule has 0 radical (unpaired) electrons. The molecular formula is C30H48N6O7. The Morgan fingerprint density at radius 2 is 1.58 bits per heavy atom. The number of unbranched alkanes of at least 4 members (excludes halogenated alkanes) is 4. The van der Waals surface area contributed by atoms with Crippen LogP contribution in [0, 0.1) is 0 Å². The molecule has 1 amide bonds. The zero-order valence-corrected chi connectivity index (χ0v) is 25.0. The van der Waals surface area contributed by atoms with Crippen LogP contribution in [-0.2, 0) is 6.42 Å². The van der Waals surface area contributed by atoms with Crippen LogP contribution in [0.5, 0.6) is 5.75 Å². The lowest BCUT2D eigenvalue weighted by Gasteiger charge is -2.30. The highest BCUT2D eigenvalue weighted by Crippen LogP contribution is 2.15. The van der Waals surface area contributed by atoms with Gasteiger partial charge in [0.05, 0.1) is 12.7 Å². The van der Waals surface area contributed by atoms with E-state index in [-0.39, 0.29) is 23.8 Å². The average Bonchev–Trinajstić information content (AvgIpc) is 3.02. The Hall–Kier alpha value is -3.20. The second kappa shape index (κ2) is 19.9. The van der Waals surface area contributed by atoms with Gasteiger partial charge in [0.1, 0.15) is 42.2 Å². The molecule has 9 N–H and O–H groups in total. The van der Waals surface area contributed by atoms with E-state index in [1.54, 1.807) is 0 Å². The van der Waals surface area contributed by atoms with Crippen molar-refractivity contribution in [3.05, 3.63) is 53.6 Å². The molecular weight excluding hydrogens is 556 g/mol. The van der Waals surface area contributed by atoms with Gasteiger partial charge in [0, 0.05) is 32.0 Å². The van der Waals surface area contributed by atoms with Crippen molar-refractivity contribution in [1.29, 1.82) is 0 Å². The number of hydrogen-bond donors (Lipinski definition) is 7. The first kappa shape index (κ1) is 36.0. The first-order valence-corrected chi connectivity index (χ1v) is 14.9. The molecule has 0 saturated carbocycles. The van der Waals surface area contributed by atoms with Crippen LogP contribution < -0.4 is 16.2 Å². The highest BCUT2D eigenvalue weighted by molar-refractivity contribution is 6.05. The Morgan fingerprint density at radius 3 is 2.23 bits per heavy atom. The van der Waals surface area contributed by atoms with Crippen molar-refractivity contribution in [2.45, 2.75) is 76.3 Å². The number of amidine groups is 1. The summed E-state index contributed by atoms with van der Waals surface area (Å²) in [6.45, 7) is 3.52. The maximum atomic E-state index is 11.5. The van der Waals surface area contributed by atoms with Crippen LogP contribution in [0.2, 0.25) is 0 Å². The number of primary amides is 1. The first-order valence-electron chi connectivity index (χ1n) is 14.9. The summed E-state index contributed by atoms with van der Waals surface area (Å²) in [5.41, 5.74) is 12.6. The molecule has 2 aromatic rings. The summed E-state index contributed by atoms with van der Waals surface area (Å²) < 4.78 is 5.92. The van der Waals surface area contributed by atoms with Gasteiger partial charge in [-0.15, -0.1) is 0 Å². The molecule has 0 fully saturated rings. The Labute approximate surface area is 253 Å². The van der Waals surface area contributed by atoms with Crippen LogP contribution in [0.25, 0.3) is 0 Å².